The molecule has 8 rings (SSSR count). The number of rotatable bonds is 9. The first-order valence-corrected chi connectivity index (χ1v) is 18.7. The summed E-state index contributed by atoms with van der Waals surface area (Å²) in [5.74, 6) is 1.27. The molecule has 2 spiro atoms. The van der Waals surface area contributed by atoms with Crippen LogP contribution in [0.1, 0.15) is 36.8 Å². The van der Waals surface area contributed by atoms with E-state index in [2.05, 4.69) is 32.6 Å². The van der Waals surface area contributed by atoms with Gasteiger partial charge in [-0.1, -0.05) is 71.7 Å². The van der Waals surface area contributed by atoms with Crippen LogP contribution in [-0.4, -0.2) is 86.3 Å². The van der Waals surface area contributed by atoms with Crippen molar-refractivity contribution in [2.75, 3.05) is 66.6 Å². The number of ether oxygens (including phenoxy) is 2. The van der Waals surface area contributed by atoms with Gasteiger partial charge in [-0.05, 0) is 74.8 Å². The quantitative estimate of drug-likeness (QED) is 0.189. The lowest BCUT2D eigenvalue weighted by atomic mass is 9.86. The number of likely N-dealkylation sites (tertiary alicyclic amines) is 2. The van der Waals surface area contributed by atoms with Crippen LogP contribution in [0.15, 0.2) is 60.7 Å². The van der Waals surface area contributed by atoms with Gasteiger partial charge in [0.2, 0.25) is 11.8 Å². The van der Waals surface area contributed by atoms with Crippen molar-refractivity contribution >= 4 is 23.2 Å². The number of nitrogens with one attached hydrogen (secondary N) is 2. The van der Waals surface area contributed by atoms with Gasteiger partial charge in [0.05, 0.1) is 35.7 Å². The van der Waals surface area contributed by atoms with Crippen LogP contribution in [0.25, 0.3) is 33.6 Å². The molecule has 8 nitrogen and oxygen atoms in total. The van der Waals surface area contributed by atoms with Gasteiger partial charge in [-0.25, -0.2) is 9.97 Å². The highest BCUT2D eigenvalue weighted by atomic mass is 35.5. The average Bonchev–Trinajstić information content (AvgIpc) is 3.96. The van der Waals surface area contributed by atoms with Crippen LogP contribution in [0.4, 0.5) is 0 Å². The molecular weight excluding hydrogens is 667 g/mol. The summed E-state index contributed by atoms with van der Waals surface area (Å²) < 4.78 is 11.6. The lowest BCUT2D eigenvalue weighted by Gasteiger charge is -2.23. The molecule has 2 atom stereocenters. The van der Waals surface area contributed by atoms with Crippen molar-refractivity contribution in [2.24, 2.45) is 10.8 Å². The maximum atomic E-state index is 7.19. The molecule has 4 saturated heterocycles. The van der Waals surface area contributed by atoms with Crippen LogP contribution in [0, 0.1) is 10.8 Å². The van der Waals surface area contributed by atoms with Crippen LogP contribution in [0.3, 0.4) is 0 Å². The number of nitrogens with zero attached hydrogens (tertiary/aromatic N) is 4. The van der Waals surface area contributed by atoms with Crippen LogP contribution in [-0.2, 0) is 13.1 Å². The molecule has 4 aliphatic rings. The first-order chi connectivity index (χ1) is 24.4. The minimum atomic E-state index is 0.420. The second kappa shape index (κ2) is 14.1. The normalized spacial score (nSPS) is 23.8. The Balaban J connectivity index is 1.03. The fourth-order valence-electron chi connectivity index (χ4n) is 8.80. The zero-order valence-corrected chi connectivity index (χ0v) is 30.5. The van der Waals surface area contributed by atoms with Gasteiger partial charge >= 0.3 is 0 Å². The van der Waals surface area contributed by atoms with Crippen molar-refractivity contribution < 1.29 is 9.47 Å². The predicted molar refractivity (Wildman–Crippen MR) is 201 cm³/mol. The lowest BCUT2D eigenvalue weighted by molar-refractivity contribution is 0.264. The minimum absolute atomic E-state index is 0.420. The summed E-state index contributed by atoms with van der Waals surface area (Å²) in [5.41, 5.74) is 7.87. The summed E-state index contributed by atoms with van der Waals surface area (Å²) >= 11 is 14.4. The number of aromatic nitrogens is 2. The van der Waals surface area contributed by atoms with Gasteiger partial charge < -0.3 is 20.1 Å². The van der Waals surface area contributed by atoms with E-state index in [1.807, 2.05) is 48.5 Å². The van der Waals surface area contributed by atoms with Crippen LogP contribution in [0.5, 0.6) is 11.8 Å². The number of halogens is 2. The molecule has 4 aromatic rings. The van der Waals surface area contributed by atoms with E-state index in [0.29, 0.717) is 32.6 Å². The Kier molecular flexibility index (Phi) is 9.52. The molecule has 262 valence electrons. The molecule has 4 aliphatic heterocycles. The predicted octanol–water partition coefficient (Wildman–Crippen LogP) is 7.17. The van der Waals surface area contributed by atoms with Gasteiger partial charge in [0.25, 0.3) is 0 Å². The molecule has 2 aromatic heterocycles. The third-order valence-corrected chi connectivity index (χ3v) is 12.4. The van der Waals surface area contributed by atoms with E-state index in [9.17, 15) is 0 Å². The molecule has 2 N–H and O–H groups in total. The zero-order valence-electron chi connectivity index (χ0n) is 29.0. The van der Waals surface area contributed by atoms with E-state index in [1.165, 1.54) is 25.7 Å². The number of hydrogen-bond acceptors (Lipinski definition) is 8. The summed E-state index contributed by atoms with van der Waals surface area (Å²) in [6, 6.07) is 20.4. The fourth-order valence-corrected chi connectivity index (χ4v) is 9.45. The monoisotopic (exact) mass is 712 g/mol. The SMILES string of the molecule is COc1nc(-c2cccc(-c3cccc(-c4ccc(CN5CCC6(CCNC6)C5)c(OC)n4)c3Cl)c2Cl)ccc1CN1CCC2(CCNC2)C1. The first-order valence-electron chi connectivity index (χ1n) is 17.9. The van der Waals surface area contributed by atoms with Gasteiger partial charge in [-0.2, -0.15) is 0 Å². The number of methoxy groups -OCH3 is 2. The fraction of sp³-hybridized carbons (Fsp3) is 0.450. The molecule has 4 fully saturated rings. The molecule has 0 bridgehead atoms. The highest BCUT2D eigenvalue weighted by molar-refractivity contribution is 6.39. The van der Waals surface area contributed by atoms with E-state index in [-0.39, 0.29) is 0 Å². The summed E-state index contributed by atoms with van der Waals surface area (Å²) in [5, 5.41) is 8.28. The summed E-state index contributed by atoms with van der Waals surface area (Å²) in [4.78, 5) is 15.0. The van der Waals surface area contributed by atoms with Gasteiger partial charge in [0, 0.05) is 72.6 Å². The zero-order chi connectivity index (χ0) is 34.3. The maximum absolute atomic E-state index is 7.19. The Bertz CT molecular complexity index is 1740. The van der Waals surface area contributed by atoms with E-state index in [1.54, 1.807) is 14.2 Å². The van der Waals surface area contributed by atoms with E-state index in [0.717, 1.165) is 110 Å². The van der Waals surface area contributed by atoms with E-state index < -0.39 is 0 Å². The standard InChI is InChI=1S/C40H46Cl2N6O2/c1-49-37-27(21-47-19-15-39(25-47)13-17-43-23-39)9-11-33(45-37)31-7-3-5-29(35(31)41)30-6-4-8-32(36(30)42)34-12-10-28(38(46-34)50-2)22-48-20-16-40(26-48)14-18-44-24-40/h3-12,43-44H,13-26H2,1-2H3. The third kappa shape index (κ3) is 6.51. The third-order valence-electron chi connectivity index (χ3n) is 11.6. The molecule has 0 amide bonds. The molecule has 10 heteroatoms. The first kappa shape index (κ1) is 33.9. The van der Waals surface area contributed by atoms with E-state index >= 15 is 0 Å². The Morgan fingerprint density at radius 1 is 0.620 bits per heavy atom. The Labute approximate surface area is 305 Å². The molecule has 0 radical (unpaired) electrons. The molecule has 2 aromatic carbocycles. The molecule has 2 unspecified atom stereocenters. The van der Waals surface area contributed by atoms with E-state index in [4.69, 9.17) is 42.6 Å². The molecule has 6 heterocycles. The molecular formula is C40H46Cl2N6O2. The van der Waals surface area contributed by atoms with Crippen molar-refractivity contribution in [3.63, 3.8) is 0 Å². The van der Waals surface area contributed by atoms with Gasteiger partial charge in [-0.15, -0.1) is 0 Å². The number of benzene rings is 2. The summed E-state index contributed by atoms with van der Waals surface area (Å²) in [6.07, 6.45) is 5.00. The van der Waals surface area contributed by atoms with Gasteiger partial charge in [-0.3, -0.25) is 9.80 Å². The Morgan fingerprint density at radius 2 is 1.06 bits per heavy atom. The lowest BCUT2D eigenvalue weighted by Crippen LogP contribution is -2.29. The average molecular weight is 714 g/mol. The Morgan fingerprint density at radius 3 is 1.46 bits per heavy atom. The van der Waals surface area contributed by atoms with Crippen LogP contribution in [0.2, 0.25) is 10.0 Å². The molecule has 50 heavy (non-hydrogen) atoms. The summed E-state index contributed by atoms with van der Waals surface area (Å²) in [7, 11) is 3.38. The molecule has 0 saturated carbocycles. The van der Waals surface area contributed by atoms with Gasteiger partial charge in [0.1, 0.15) is 0 Å². The Hall–Kier alpha value is -3.24. The van der Waals surface area contributed by atoms with Gasteiger partial charge in [0.15, 0.2) is 0 Å². The molecule has 0 aliphatic carbocycles. The van der Waals surface area contributed by atoms with Crippen LogP contribution >= 0.6 is 23.2 Å². The topological polar surface area (TPSA) is 74.8 Å². The second-order valence-electron chi connectivity index (χ2n) is 14.8. The van der Waals surface area contributed by atoms with Crippen molar-refractivity contribution in [2.45, 2.75) is 38.8 Å². The number of hydrogen-bond donors (Lipinski definition) is 2. The van der Waals surface area contributed by atoms with Crippen molar-refractivity contribution in [1.82, 2.24) is 30.4 Å². The highest BCUT2D eigenvalue weighted by Crippen LogP contribution is 2.43. The summed E-state index contributed by atoms with van der Waals surface area (Å²) in [6.45, 7) is 10.6. The van der Waals surface area contributed by atoms with Crippen molar-refractivity contribution in [3.05, 3.63) is 81.8 Å². The minimum Gasteiger partial charge on any atom is -0.481 e. The second-order valence-corrected chi connectivity index (χ2v) is 15.6. The maximum Gasteiger partial charge on any atom is 0.218 e. The van der Waals surface area contributed by atoms with Crippen LogP contribution < -0.4 is 20.1 Å². The smallest absolute Gasteiger partial charge is 0.218 e. The van der Waals surface area contributed by atoms with Crippen molar-refractivity contribution in [1.29, 1.82) is 0 Å². The number of pyridine rings is 2. The van der Waals surface area contributed by atoms with Crippen molar-refractivity contribution in [3.8, 4) is 45.4 Å². The highest BCUT2D eigenvalue weighted by Gasteiger charge is 2.41. The largest absolute Gasteiger partial charge is 0.481 e.